The van der Waals surface area contributed by atoms with E-state index in [-0.39, 0.29) is 54.1 Å². The van der Waals surface area contributed by atoms with Gasteiger partial charge in [-0.25, -0.2) is 0 Å². The lowest BCUT2D eigenvalue weighted by atomic mass is 9.93. The molecule has 0 spiro atoms. The maximum atomic E-state index is 13.2. The van der Waals surface area contributed by atoms with Crippen LogP contribution in [0, 0.1) is 20.2 Å². The SMILES string of the molecule is O=C(O)[C@@H](CCCCNCCCN1C(=O)c2cccc3cc([N+](=O)[O-])cc(c23)C1=O)NCCCN1C(=O)c2cccc3cc([N+](=O)[O-])cc(c23)C1=O. The number of nitrogens with one attached hydrogen (secondary N) is 2. The van der Waals surface area contributed by atoms with Crippen molar-refractivity contribution in [3.63, 3.8) is 0 Å². The van der Waals surface area contributed by atoms with Gasteiger partial charge in [0.2, 0.25) is 0 Å². The molecule has 0 fully saturated rings. The van der Waals surface area contributed by atoms with E-state index in [1.807, 2.05) is 0 Å². The van der Waals surface area contributed by atoms with E-state index in [1.165, 1.54) is 24.3 Å². The van der Waals surface area contributed by atoms with Gasteiger partial charge in [-0.1, -0.05) is 30.7 Å². The molecule has 52 heavy (non-hydrogen) atoms. The van der Waals surface area contributed by atoms with Gasteiger partial charge in [0.1, 0.15) is 6.04 Å². The summed E-state index contributed by atoms with van der Waals surface area (Å²) in [7, 11) is 0. The molecule has 4 aromatic rings. The van der Waals surface area contributed by atoms with Crippen molar-refractivity contribution in [3.05, 3.63) is 103 Å². The number of carbonyl (C=O) groups is 5. The molecule has 3 N–H and O–H groups in total. The van der Waals surface area contributed by atoms with Crippen LogP contribution in [-0.2, 0) is 4.79 Å². The third-order valence-corrected chi connectivity index (χ3v) is 9.33. The number of imide groups is 2. The van der Waals surface area contributed by atoms with Crippen LogP contribution in [0.4, 0.5) is 11.4 Å². The van der Waals surface area contributed by atoms with E-state index in [1.54, 1.807) is 36.4 Å². The Bertz CT molecular complexity index is 2170. The number of carbonyl (C=O) groups excluding carboxylic acids is 4. The second kappa shape index (κ2) is 15.0. The molecule has 2 heterocycles. The quantitative estimate of drug-likeness (QED) is 0.0605. The Kier molecular flexibility index (Phi) is 10.3. The Hall–Kier alpha value is -6.13. The fourth-order valence-electron chi connectivity index (χ4n) is 6.81. The number of amides is 4. The minimum absolute atomic E-state index is 0.00378. The monoisotopic (exact) mass is 710 g/mol. The van der Waals surface area contributed by atoms with Gasteiger partial charge in [0.05, 0.1) is 21.0 Å². The Morgan fingerprint density at radius 1 is 0.654 bits per heavy atom. The van der Waals surface area contributed by atoms with Gasteiger partial charge >= 0.3 is 5.97 Å². The van der Waals surface area contributed by atoms with Crippen LogP contribution in [0.5, 0.6) is 0 Å². The van der Waals surface area contributed by atoms with Crippen LogP contribution in [0.1, 0.15) is 73.5 Å². The number of unbranched alkanes of at least 4 members (excludes halogenated alkanes) is 1. The average Bonchev–Trinajstić information content (AvgIpc) is 3.12. The summed E-state index contributed by atoms with van der Waals surface area (Å²) >= 11 is 0. The fourth-order valence-corrected chi connectivity index (χ4v) is 6.81. The number of rotatable bonds is 17. The van der Waals surface area contributed by atoms with Gasteiger partial charge < -0.3 is 15.7 Å². The zero-order valence-electron chi connectivity index (χ0n) is 27.8. The summed E-state index contributed by atoms with van der Waals surface area (Å²) < 4.78 is 0. The van der Waals surface area contributed by atoms with Crippen molar-refractivity contribution in [1.29, 1.82) is 0 Å². The number of nitrogens with zero attached hydrogens (tertiary/aromatic N) is 4. The minimum Gasteiger partial charge on any atom is -0.480 e. The first-order valence-corrected chi connectivity index (χ1v) is 16.8. The number of carboxylic acid groups (broad SMARTS) is 1. The molecule has 16 nitrogen and oxygen atoms in total. The topological polar surface area (TPSA) is 222 Å². The highest BCUT2D eigenvalue weighted by atomic mass is 16.6. The van der Waals surface area contributed by atoms with Gasteiger partial charge in [-0.3, -0.25) is 54.0 Å². The van der Waals surface area contributed by atoms with Gasteiger partial charge in [-0.15, -0.1) is 0 Å². The number of non-ortho nitro benzene ring substituents is 2. The number of nitro benzene ring substituents is 2. The van der Waals surface area contributed by atoms with E-state index in [2.05, 4.69) is 10.6 Å². The largest absolute Gasteiger partial charge is 0.480 e. The number of hydrogen-bond donors (Lipinski definition) is 3. The Balaban J connectivity index is 0.920. The zero-order valence-corrected chi connectivity index (χ0v) is 27.8. The van der Waals surface area contributed by atoms with Crippen LogP contribution in [0.2, 0.25) is 0 Å². The maximum absolute atomic E-state index is 13.2. The van der Waals surface area contributed by atoms with Crippen LogP contribution in [0.25, 0.3) is 21.5 Å². The number of aliphatic carboxylic acids is 1. The maximum Gasteiger partial charge on any atom is 0.320 e. The molecule has 2 aliphatic rings. The summed E-state index contributed by atoms with van der Waals surface area (Å²) in [5, 5.41) is 40.4. The van der Waals surface area contributed by atoms with E-state index < -0.39 is 45.5 Å². The lowest BCUT2D eigenvalue weighted by Gasteiger charge is -2.27. The standard InChI is InChI=1S/C36H34N6O10/c43-32-25-9-3-7-21-17-23(41(49)50)19-27(30(21)25)34(45)39(32)15-5-13-37-12-2-1-11-29(36(47)48)38-14-6-16-40-33(44)26-10-4-8-22-18-24(42(51)52)20-28(31(22)26)35(40)46/h3-4,7-10,17-20,29,37-38H,1-2,5-6,11-16H2,(H,47,48)/t29-/m1/s1. The molecule has 6 rings (SSSR count). The molecule has 1 atom stereocenters. The number of benzene rings is 4. The predicted molar refractivity (Wildman–Crippen MR) is 187 cm³/mol. The van der Waals surface area contributed by atoms with Gasteiger partial charge in [0, 0.05) is 59.3 Å². The second-order valence-electron chi connectivity index (χ2n) is 12.6. The summed E-state index contributed by atoms with van der Waals surface area (Å²) in [5.74, 6) is -3.21. The molecule has 0 bridgehead atoms. The second-order valence-corrected chi connectivity index (χ2v) is 12.6. The van der Waals surface area contributed by atoms with E-state index in [0.29, 0.717) is 65.9 Å². The van der Waals surface area contributed by atoms with E-state index in [9.17, 15) is 49.3 Å². The number of hydrogen-bond acceptors (Lipinski definition) is 11. The summed E-state index contributed by atoms with van der Waals surface area (Å²) in [6.45, 7) is 1.36. The molecule has 0 radical (unpaired) electrons. The lowest BCUT2D eigenvalue weighted by molar-refractivity contribution is -0.384. The van der Waals surface area contributed by atoms with E-state index >= 15 is 0 Å². The minimum atomic E-state index is -1.04. The molecular formula is C36H34N6O10. The Morgan fingerprint density at radius 2 is 1.12 bits per heavy atom. The van der Waals surface area contributed by atoms with Crippen molar-refractivity contribution in [2.24, 2.45) is 0 Å². The molecule has 0 saturated heterocycles. The van der Waals surface area contributed by atoms with Crippen molar-refractivity contribution >= 4 is 62.5 Å². The highest BCUT2D eigenvalue weighted by Crippen LogP contribution is 2.35. The molecule has 0 saturated carbocycles. The summed E-state index contributed by atoms with van der Waals surface area (Å²) in [5.41, 5.74) is 0.319. The molecule has 268 valence electrons. The lowest BCUT2D eigenvalue weighted by Crippen LogP contribution is -2.43. The van der Waals surface area contributed by atoms with Crippen molar-refractivity contribution in [3.8, 4) is 0 Å². The summed E-state index contributed by atoms with van der Waals surface area (Å²) in [6.07, 6.45) is 2.26. The number of nitro groups is 2. The summed E-state index contributed by atoms with van der Waals surface area (Å²) in [4.78, 5) is 88.4. The molecule has 2 aliphatic heterocycles. The van der Waals surface area contributed by atoms with Crippen LogP contribution in [-0.4, -0.2) is 93.1 Å². The molecule has 0 aromatic heterocycles. The van der Waals surface area contributed by atoms with Gasteiger partial charge in [-0.05, 0) is 68.2 Å². The highest BCUT2D eigenvalue weighted by Gasteiger charge is 2.35. The van der Waals surface area contributed by atoms with Gasteiger partial charge in [-0.2, -0.15) is 0 Å². The van der Waals surface area contributed by atoms with E-state index in [0.717, 1.165) is 9.80 Å². The average molecular weight is 711 g/mol. The van der Waals surface area contributed by atoms with Crippen molar-refractivity contribution in [1.82, 2.24) is 20.4 Å². The normalized spacial score (nSPS) is 14.4. The smallest absolute Gasteiger partial charge is 0.320 e. The Labute approximate surface area is 295 Å². The van der Waals surface area contributed by atoms with Crippen molar-refractivity contribution in [2.45, 2.75) is 38.1 Å². The molecule has 4 aromatic carbocycles. The molecule has 16 heteroatoms. The first-order valence-electron chi connectivity index (χ1n) is 16.8. The molecule has 0 unspecified atom stereocenters. The first-order chi connectivity index (χ1) is 25.0. The molecule has 0 aliphatic carbocycles. The summed E-state index contributed by atoms with van der Waals surface area (Å²) in [6, 6.07) is 13.8. The van der Waals surface area contributed by atoms with Crippen molar-refractivity contribution in [2.75, 3.05) is 32.7 Å². The third kappa shape index (κ3) is 6.93. The molecule has 4 amide bonds. The van der Waals surface area contributed by atoms with Crippen LogP contribution in [0.15, 0.2) is 60.7 Å². The highest BCUT2D eigenvalue weighted by molar-refractivity contribution is 6.26. The zero-order chi connectivity index (χ0) is 37.1. The first kappa shape index (κ1) is 35.7. The van der Waals surface area contributed by atoms with Gasteiger partial charge in [0.15, 0.2) is 0 Å². The van der Waals surface area contributed by atoms with Crippen LogP contribution < -0.4 is 10.6 Å². The predicted octanol–water partition coefficient (Wildman–Crippen LogP) is 4.28. The number of carboxylic acids is 1. The fraction of sp³-hybridized carbons (Fsp3) is 0.306. The third-order valence-electron chi connectivity index (χ3n) is 9.33. The Morgan fingerprint density at radius 3 is 1.60 bits per heavy atom. The van der Waals surface area contributed by atoms with Gasteiger partial charge in [0.25, 0.3) is 35.0 Å². The van der Waals surface area contributed by atoms with Crippen LogP contribution >= 0.6 is 0 Å². The van der Waals surface area contributed by atoms with E-state index in [4.69, 9.17) is 0 Å². The van der Waals surface area contributed by atoms with Crippen LogP contribution in [0.3, 0.4) is 0 Å². The molecular weight excluding hydrogens is 676 g/mol. The van der Waals surface area contributed by atoms with Crippen molar-refractivity contribution < 1.29 is 38.9 Å².